The van der Waals surface area contributed by atoms with Gasteiger partial charge in [-0.05, 0) is 43.8 Å². The quantitative estimate of drug-likeness (QED) is 0.296. The molecule has 1 saturated heterocycles. The lowest BCUT2D eigenvalue weighted by molar-refractivity contribution is 0.135. The van der Waals surface area contributed by atoms with Crippen molar-refractivity contribution in [2.24, 2.45) is 7.05 Å². The van der Waals surface area contributed by atoms with Gasteiger partial charge in [0.2, 0.25) is 5.95 Å². The molecule has 0 saturated carbocycles. The van der Waals surface area contributed by atoms with Crippen molar-refractivity contribution in [1.29, 1.82) is 5.26 Å². The molecular formula is C29H27F2N9OS. The number of benzene rings is 2. The van der Waals surface area contributed by atoms with Crippen molar-refractivity contribution < 1.29 is 13.5 Å². The lowest BCUT2D eigenvalue weighted by Crippen LogP contribution is -2.32. The number of nitrogens with one attached hydrogen (secondary N) is 1. The van der Waals surface area contributed by atoms with Gasteiger partial charge in [0.25, 0.3) is 0 Å². The highest BCUT2D eigenvalue weighted by Crippen LogP contribution is 2.47. The van der Waals surface area contributed by atoms with Gasteiger partial charge in [0.15, 0.2) is 5.82 Å². The molecule has 3 aromatic heterocycles. The predicted molar refractivity (Wildman–Crippen MR) is 159 cm³/mol. The van der Waals surface area contributed by atoms with Crippen LogP contribution in [0, 0.1) is 23.0 Å². The minimum Gasteiger partial charge on any atom is -0.389 e. The van der Waals surface area contributed by atoms with E-state index in [4.69, 9.17) is 20.4 Å². The molecule has 0 amide bonds. The number of halogens is 2. The standard InChI is InChI=1S/C29H27F2N9OS/c1-38(2)14-7-9-40(11-14)29-36-26-23(28(37-29)35-20-6-8-34-39(20)3)17-13-41-12-16(17)22(25(26)31)24-18(30)4-5-19-21(24)15(10-32)27(33)42-19/h4-6,8,14H,7,9,11-13,33H2,1-3H3,(H,35,36,37)/t14-/m0/s1. The van der Waals surface area contributed by atoms with Gasteiger partial charge in [-0.2, -0.15) is 15.3 Å². The van der Waals surface area contributed by atoms with Crippen molar-refractivity contribution >= 4 is 54.9 Å². The van der Waals surface area contributed by atoms with Crippen LogP contribution >= 0.6 is 11.3 Å². The molecule has 1 atom stereocenters. The number of aromatic nitrogens is 4. The number of nitrogen functional groups attached to an aromatic ring is 1. The molecule has 42 heavy (non-hydrogen) atoms. The van der Waals surface area contributed by atoms with Gasteiger partial charge in [-0.3, -0.25) is 4.68 Å². The van der Waals surface area contributed by atoms with Crippen LogP contribution in [0.2, 0.25) is 0 Å². The summed E-state index contributed by atoms with van der Waals surface area (Å²) in [5, 5.41) is 18.5. The number of rotatable bonds is 5. The van der Waals surface area contributed by atoms with Gasteiger partial charge < -0.3 is 25.6 Å². The Morgan fingerprint density at radius 3 is 2.67 bits per heavy atom. The minimum absolute atomic E-state index is 0.00620. The summed E-state index contributed by atoms with van der Waals surface area (Å²) in [6, 6.07) is 7.04. The van der Waals surface area contributed by atoms with Gasteiger partial charge in [0.1, 0.15) is 34.0 Å². The van der Waals surface area contributed by atoms with Crippen molar-refractivity contribution in [3.63, 3.8) is 0 Å². The van der Waals surface area contributed by atoms with Crippen LogP contribution in [-0.4, -0.2) is 57.9 Å². The summed E-state index contributed by atoms with van der Waals surface area (Å²) < 4.78 is 41.0. The van der Waals surface area contributed by atoms with Gasteiger partial charge in [-0.15, -0.1) is 11.3 Å². The second-order valence-corrected chi connectivity index (χ2v) is 11.9. The highest BCUT2D eigenvalue weighted by molar-refractivity contribution is 7.23. The van der Waals surface area contributed by atoms with E-state index in [1.54, 1.807) is 30.1 Å². The Hall–Kier alpha value is -4.38. The summed E-state index contributed by atoms with van der Waals surface area (Å²) in [7, 11) is 5.85. The molecule has 2 aromatic carbocycles. The molecule has 2 aliphatic rings. The number of thiophene rings is 1. The fraction of sp³-hybridized carbons (Fsp3) is 0.310. The number of nitrogens with zero attached hydrogens (tertiary/aromatic N) is 7. The van der Waals surface area contributed by atoms with E-state index in [2.05, 4.69) is 21.4 Å². The van der Waals surface area contributed by atoms with Crippen LogP contribution in [0.4, 0.5) is 31.4 Å². The van der Waals surface area contributed by atoms with Crippen LogP contribution in [0.25, 0.3) is 32.1 Å². The molecule has 1 fully saturated rings. The number of ether oxygens (including phenoxy) is 1. The number of likely N-dealkylation sites (N-methyl/N-ethyl adjacent to an activating group) is 1. The number of nitrogens with two attached hydrogens (primary N) is 1. The summed E-state index contributed by atoms with van der Waals surface area (Å²) in [6.45, 7) is 1.62. The average molecular weight is 588 g/mol. The van der Waals surface area contributed by atoms with E-state index >= 15 is 8.78 Å². The van der Waals surface area contributed by atoms with E-state index < -0.39 is 11.6 Å². The number of anilines is 4. The monoisotopic (exact) mass is 587 g/mol. The van der Waals surface area contributed by atoms with E-state index in [0.29, 0.717) is 63.3 Å². The Labute approximate surface area is 243 Å². The maximum Gasteiger partial charge on any atom is 0.228 e. The van der Waals surface area contributed by atoms with E-state index in [-0.39, 0.29) is 40.4 Å². The smallest absolute Gasteiger partial charge is 0.228 e. The fourth-order valence-corrected chi connectivity index (χ4v) is 6.94. The first-order valence-corrected chi connectivity index (χ1v) is 14.3. The third-order valence-electron chi connectivity index (χ3n) is 8.22. The SMILES string of the molecule is CN(C)[C@H]1CCN(c2nc(Nc3ccnn3C)c3c4c(c(-c5c(F)ccc6sc(N)c(C#N)c56)c(F)c3n2)COC4)C1. The largest absolute Gasteiger partial charge is 0.389 e. The Bertz CT molecular complexity index is 1940. The average Bonchev–Trinajstić information content (AvgIpc) is 3.77. The first-order valence-electron chi connectivity index (χ1n) is 13.5. The lowest BCUT2D eigenvalue weighted by Gasteiger charge is -2.22. The molecule has 7 rings (SSSR count). The molecule has 10 nitrogen and oxygen atoms in total. The molecule has 0 radical (unpaired) electrons. The highest BCUT2D eigenvalue weighted by Gasteiger charge is 2.33. The second kappa shape index (κ2) is 9.87. The first kappa shape index (κ1) is 26.5. The normalized spacial score (nSPS) is 16.6. The molecule has 214 valence electrons. The van der Waals surface area contributed by atoms with E-state index in [9.17, 15) is 5.26 Å². The van der Waals surface area contributed by atoms with Crippen molar-refractivity contribution in [2.75, 3.05) is 43.1 Å². The van der Waals surface area contributed by atoms with Gasteiger partial charge in [0, 0.05) is 53.5 Å². The van der Waals surface area contributed by atoms with Crippen LogP contribution in [-0.2, 0) is 25.0 Å². The van der Waals surface area contributed by atoms with Crippen LogP contribution in [0.1, 0.15) is 23.1 Å². The molecule has 0 spiro atoms. The molecule has 3 N–H and O–H groups in total. The topological polar surface area (TPSA) is 121 Å². The Morgan fingerprint density at radius 2 is 1.95 bits per heavy atom. The Kier molecular flexibility index (Phi) is 6.23. The summed E-state index contributed by atoms with van der Waals surface area (Å²) in [6.07, 6.45) is 2.57. The summed E-state index contributed by atoms with van der Waals surface area (Å²) in [5.41, 5.74) is 7.51. The highest BCUT2D eigenvalue weighted by atomic mass is 32.1. The lowest BCUT2D eigenvalue weighted by atomic mass is 9.90. The molecule has 5 heterocycles. The fourth-order valence-electron chi connectivity index (χ4n) is 6.01. The zero-order valence-corrected chi connectivity index (χ0v) is 24.0. The van der Waals surface area contributed by atoms with Crippen molar-refractivity contribution in [3.05, 3.63) is 52.7 Å². The van der Waals surface area contributed by atoms with E-state index in [1.807, 2.05) is 19.0 Å². The number of aryl methyl sites for hydroxylation is 1. The molecule has 5 aromatic rings. The van der Waals surface area contributed by atoms with Crippen molar-refractivity contribution in [1.82, 2.24) is 24.6 Å². The van der Waals surface area contributed by atoms with Crippen LogP contribution in [0.15, 0.2) is 24.4 Å². The van der Waals surface area contributed by atoms with Crippen LogP contribution in [0.5, 0.6) is 0 Å². The molecular weight excluding hydrogens is 560 g/mol. The molecule has 2 aliphatic heterocycles. The van der Waals surface area contributed by atoms with Gasteiger partial charge in [-0.25, -0.2) is 13.8 Å². The van der Waals surface area contributed by atoms with Crippen molar-refractivity contribution in [3.8, 4) is 17.2 Å². The van der Waals surface area contributed by atoms with Gasteiger partial charge >= 0.3 is 0 Å². The van der Waals surface area contributed by atoms with E-state index in [1.165, 1.54) is 17.4 Å². The molecule has 13 heteroatoms. The Morgan fingerprint density at radius 1 is 1.14 bits per heavy atom. The zero-order valence-electron chi connectivity index (χ0n) is 23.2. The third-order valence-corrected chi connectivity index (χ3v) is 9.21. The maximum atomic E-state index is 17.1. The van der Waals surface area contributed by atoms with Crippen LogP contribution < -0.4 is 16.0 Å². The minimum atomic E-state index is -0.700. The first-order chi connectivity index (χ1) is 20.3. The Balaban J connectivity index is 1.54. The molecule has 0 unspecified atom stereocenters. The summed E-state index contributed by atoms with van der Waals surface area (Å²) in [4.78, 5) is 13.9. The molecule has 0 aliphatic carbocycles. The molecule has 0 bridgehead atoms. The van der Waals surface area contributed by atoms with Crippen molar-refractivity contribution in [2.45, 2.75) is 25.7 Å². The van der Waals surface area contributed by atoms with Gasteiger partial charge in [0.05, 0.1) is 30.4 Å². The predicted octanol–water partition coefficient (Wildman–Crippen LogP) is 4.89. The number of nitriles is 1. The second-order valence-electron chi connectivity index (χ2n) is 10.8. The van der Waals surface area contributed by atoms with E-state index in [0.717, 1.165) is 6.42 Å². The zero-order chi connectivity index (χ0) is 29.3. The third kappa shape index (κ3) is 3.98. The summed E-state index contributed by atoms with van der Waals surface area (Å²) >= 11 is 1.17. The number of fused-ring (bicyclic) bond motifs is 4. The number of hydrogen-bond acceptors (Lipinski definition) is 10. The summed E-state index contributed by atoms with van der Waals surface area (Å²) in [5.74, 6) is 0.0926. The number of hydrogen-bond donors (Lipinski definition) is 2. The maximum absolute atomic E-state index is 17.1. The van der Waals surface area contributed by atoms with Gasteiger partial charge in [-0.1, -0.05) is 0 Å². The van der Waals surface area contributed by atoms with Crippen LogP contribution in [0.3, 0.4) is 0 Å².